The minimum absolute atomic E-state index is 1.00. The largest absolute Gasteiger partial charge is 0.400 e. The van der Waals surface area contributed by atoms with Gasteiger partial charge in [0, 0.05) is 34.4 Å². The van der Waals surface area contributed by atoms with Crippen LogP contribution >= 0.6 is 11.3 Å². The Hall–Kier alpha value is -1.42. The summed E-state index contributed by atoms with van der Waals surface area (Å²) in [7, 11) is 2.00. The van der Waals surface area contributed by atoms with Gasteiger partial charge in [0.2, 0.25) is 0 Å². The van der Waals surface area contributed by atoms with Crippen LogP contribution in [0.25, 0.3) is 20.2 Å². The molecule has 0 radical (unpaired) electrons. The lowest BCUT2D eigenvalue weighted by molar-refractivity contribution is 0.399. The Labute approximate surface area is 111 Å². The lowest BCUT2D eigenvalue weighted by Crippen LogP contribution is -1.69. The van der Waals surface area contributed by atoms with Crippen LogP contribution in [0.3, 0.4) is 0 Å². The van der Waals surface area contributed by atoms with E-state index in [4.69, 9.17) is 10.2 Å². The van der Waals surface area contributed by atoms with Crippen molar-refractivity contribution < 1.29 is 10.2 Å². The highest BCUT2D eigenvalue weighted by Crippen LogP contribution is 2.35. The van der Waals surface area contributed by atoms with E-state index < -0.39 is 0 Å². The van der Waals surface area contributed by atoms with Crippen molar-refractivity contribution in [1.82, 2.24) is 0 Å². The van der Waals surface area contributed by atoms with Crippen LogP contribution in [-0.4, -0.2) is 24.4 Å². The van der Waals surface area contributed by atoms with Crippen molar-refractivity contribution in [2.24, 2.45) is 0 Å². The average Bonchev–Trinajstić information content (AvgIpc) is 2.84. The smallest absolute Gasteiger partial charge is 0.0384 e. The first-order valence-corrected chi connectivity index (χ1v) is 6.44. The zero-order valence-electron chi connectivity index (χ0n) is 10.8. The third-order valence-corrected chi connectivity index (χ3v) is 3.92. The van der Waals surface area contributed by atoms with Gasteiger partial charge >= 0.3 is 0 Å². The zero-order valence-corrected chi connectivity index (χ0v) is 11.7. The molecule has 0 atom stereocenters. The summed E-state index contributed by atoms with van der Waals surface area (Å²) in [5.41, 5.74) is 1.38. The second-order valence-corrected chi connectivity index (χ2v) is 4.60. The Morgan fingerprint density at radius 1 is 0.778 bits per heavy atom. The highest BCUT2D eigenvalue weighted by molar-refractivity contribution is 7.26. The van der Waals surface area contributed by atoms with E-state index in [9.17, 15) is 0 Å². The average molecular weight is 262 g/mol. The fourth-order valence-corrected chi connectivity index (χ4v) is 3.06. The third kappa shape index (κ3) is 2.70. The molecule has 0 aliphatic heterocycles. The Kier molecular flexibility index (Phi) is 5.78. The highest BCUT2D eigenvalue weighted by Gasteiger charge is 2.04. The number of hydrogen-bond donors (Lipinski definition) is 2. The summed E-state index contributed by atoms with van der Waals surface area (Å²) in [5.74, 6) is 0. The van der Waals surface area contributed by atoms with Crippen LogP contribution in [0.15, 0.2) is 42.5 Å². The van der Waals surface area contributed by atoms with E-state index in [1.54, 1.807) is 0 Å². The van der Waals surface area contributed by atoms with Crippen molar-refractivity contribution >= 4 is 31.5 Å². The van der Waals surface area contributed by atoms with Gasteiger partial charge in [-0.1, -0.05) is 36.4 Å². The second kappa shape index (κ2) is 7.11. The maximum absolute atomic E-state index is 7.00. The fourth-order valence-electron chi connectivity index (χ4n) is 1.89. The van der Waals surface area contributed by atoms with E-state index >= 15 is 0 Å². The molecule has 2 N–H and O–H groups in total. The molecule has 2 nitrogen and oxygen atoms in total. The van der Waals surface area contributed by atoms with E-state index in [1.807, 2.05) is 11.3 Å². The minimum Gasteiger partial charge on any atom is -0.400 e. The topological polar surface area (TPSA) is 40.5 Å². The molecule has 96 valence electrons. The van der Waals surface area contributed by atoms with Gasteiger partial charge in [-0.25, -0.2) is 0 Å². The normalized spacial score (nSPS) is 9.39. The minimum atomic E-state index is 1.00. The number of thiophene rings is 1. The van der Waals surface area contributed by atoms with Crippen molar-refractivity contribution in [3.63, 3.8) is 0 Å². The van der Waals surface area contributed by atoms with E-state index in [-0.39, 0.29) is 0 Å². The molecule has 18 heavy (non-hydrogen) atoms. The molecule has 3 rings (SSSR count). The van der Waals surface area contributed by atoms with Gasteiger partial charge in [-0.2, -0.15) is 0 Å². The van der Waals surface area contributed by atoms with E-state index in [0.29, 0.717) is 0 Å². The zero-order chi connectivity index (χ0) is 13.5. The summed E-state index contributed by atoms with van der Waals surface area (Å²) >= 11 is 1.89. The molecular weight excluding hydrogens is 244 g/mol. The van der Waals surface area contributed by atoms with Gasteiger partial charge < -0.3 is 10.2 Å². The lowest BCUT2D eigenvalue weighted by atomic mass is 10.1. The molecular formula is C15H18O2S. The van der Waals surface area contributed by atoms with Gasteiger partial charge in [-0.3, -0.25) is 0 Å². The summed E-state index contributed by atoms with van der Waals surface area (Å²) in [4.78, 5) is 0. The van der Waals surface area contributed by atoms with Crippen LogP contribution in [0, 0.1) is 6.92 Å². The summed E-state index contributed by atoms with van der Waals surface area (Å²) in [5, 5.41) is 16.8. The number of hydrogen-bond acceptors (Lipinski definition) is 3. The maximum Gasteiger partial charge on any atom is 0.0384 e. The molecule has 0 bridgehead atoms. The molecule has 0 saturated carbocycles. The predicted molar refractivity (Wildman–Crippen MR) is 80.4 cm³/mol. The van der Waals surface area contributed by atoms with E-state index in [1.165, 1.54) is 25.7 Å². The Morgan fingerprint density at radius 3 is 2.11 bits per heavy atom. The Bertz CT molecular complexity index is 614. The first-order valence-electron chi connectivity index (χ1n) is 5.62. The standard InChI is InChI=1S/C13H10S.2CH4O/c1-9-5-4-7-11-10-6-2-3-8-12(10)14-13(9)11;2*1-2/h2-8H,1H3;2*2H,1H3. The van der Waals surface area contributed by atoms with Crippen LogP contribution in [0.5, 0.6) is 0 Å². The molecule has 0 unspecified atom stereocenters. The van der Waals surface area contributed by atoms with Gasteiger partial charge in [0.25, 0.3) is 0 Å². The van der Waals surface area contributed by atoms with Crippen LogP contribution in [0.4, 0.5) is 0 Å². The van der Waals surface area contributed by atoms with Gasteiger partial charge in [0.05, 0.1) is 0 Å². The van der Waals surface area contributed by atoms with E-state index in [2.05, 4.69) is 49.4 Å². The van der Waals surface area contributed by atoms with Crippen molar-refractivity contribution in [2.45, 2.75) is 6.92 Å². The molecule has 3 aromatic rings. The lowest BCUT2D eigenvalue weighted by Gasteiger charge is -1.93. The maximum atomic E-state index is 7.00. The second-order valence-electron chi connectivity index (χ2n) is 3.55. The van der Waals surface area contributed by atoms with Crippen LogP contribution in [-0.2, 0) is 0 Å². The Balaban J connectivity index is 0.000000371. The molecule has 0 aliphatic rings. The number of aliphatic hydroxyl groups excluding tert-OH is 2. The molecule has 2 aromatic carbocycles. The first-order chi connectivity index (χ1) is 8.86. The van der Waals surface area contributed by atoms with Crippen molar-refractivity contribution in [3.05, 3.63) is 48.0 Å². The number of aliphatic hydroxyl groups is 2. The third-order valence-electron chi connectivity index (χ3n) is 2.60. The van der Waals surface area contributed by atoms with Crippen LogP contribution in [0.2, 0.25) is 0 Å². The van der Waals surface area contributed by atoms with E-state index in [0.717, 1.165) is 14.2 Å². The van der Waals surface area contributed by atoms with Gasteiger partial charge in [0.15, 0.2) is 0 Å². The van der Waals surface area contributed by atoms with Gasteiger partial charge in [0.1, 0.15) is 0 Å². The first kappa shape index (κ1) is 14.6. The van der Waals surface area contributed by atoms with Crippen molar-refractivity contribution in [1.29, 1.82) is 0 Å². The summed E-state index contributed by atoms with van der Waals surface area (Å²) < 4.78 is 2.81. The highest BCUT2D eigenvalue weighted by atomic mass is 32.1. The van der Waals surface area contributed by atoms with Crippen LogP contribution < -0.4 is 0 Å². The summed E-state index contributed by atoms with van der Waals surface area (Å²) in [6.45, 7) is 2.18. The SMILES string of the molecule is CO.CO.Cc1cccc2c1sc1ccccc12. The summed E-state index contributed by atoms with van der Waals surface area (Å²) in [6.07, 6.45) is 0. The molecule has 0 aliphatic carbocycles. The number of aryl methyl sites for hydroxylation is 1. The predicted octanol–water partition coefficient (Wildman–Crippen LogP) is 3.58. The molecule has 0 amide bonds. The van der Waals surface area contributed by atoms with Gasteiger partial charge in [-0.05, 0) is 18.6 Å². The number of benzene rings is 2. The molecule has 0 spiro atoms. The quantitative estimate of drug-likeness (QED) is 0.650. The fraction of sp³-hybridized carbons (Fsp3) is 0.200. The van der Waals surface area contributed by atoms with Crippen LogP contribution in [0.1, 0.15) is 5.56 Å². The molecule has 0 saturated heterocycles. The summed E-state index contributed by atoms with van der Waals surface area (Å²) in [6, 6.07) is 15.1. The molecule has 1 aromatic heterocycles. The van der Waals surface area contributed by atoms with Gasteiger partial charge in [-0.15, -0.1) is 11.3 Å². The molecule has 3 heteroatoms. The Morgan fingerprint density at radius 2 is 1.39 bits per heavy atom. The van der Waals surface area contributed by atoms with Crippen molar-refractivity contribution in [3.8, 4) is 0 Å². The number of rotatable bonds is 0. The monoisotopic (exact) mass is 262 g/mol. The number of fused-ring (bicyclic) bond motifs is 3. The molecule has 0 fully saturated rings. The molecule has 1 heterocycles. The van der Waals surface area contributed by atoms with Crippen molar-refractivity contribution in [2.75, 3.05) is 14.2 Å².